The third kappa shape index (κ3) is 2.51. The van der Waals surface area contributed by atoms with E-state index in [0.717, 1.165) is 12.5 Å². The Kier molecular flexibility index (Phi) is 3.10. The molecule has 2 aliphatic rings. The molecule has 0 spiro atoms. The van der Waals surface area contributed by atoms with Gasteiger partial charge in [-0.25, -0.2) is 0 Å². The van der Waals surface area contributed by atoms with E-state index in [1.54, 1.807) is 0 Å². The maximum atomic E-state index is 10.7. The van der Waals surface area contributed by atoms with Crippen molar-refractivity contribution >= 4 is 34.6 Å². The number of non-ortho nitro benzene ring substituents is 1. The molecule has 2 aliphatic carbocycles. The van der Waals surface area contributed by atoms with Gasteiger partial charge in [-0.2, -0.15) is 0 Å². The van der Waals surface area contributed by atoms with E-state index in [9.17, 15) is 10.1 Å². The van der Waals surface area contributed by atoms with Gasteiger partial charge in [-0.3, -0.25) is 10.1 Å². The third-order valence-electron chi connectivity index (χ3n) is 4.19. The predicted octanol–water partition coefficient (Wildman–Crippen LogP) is 4.50. The number of nitrogens with one attached hydrogen (secondary N) is 1. The second-order valence-corrected chi connectivity index (χ2v) is 6.35. The lowest BCUT2D eigenvalue weighted by atomic mass is 10.0. The fourth-order valence-electron chi connectivity index (χ4n) is 2.68. The molecular formula is C13H14Cl2N2O2. The molecule has 0 bridgehead atoms. The summed E-state index contributed by atoms with van der Waals surface area (Å²) in [5.74, 6) is 0.843. The molecule has 0 aromatic heterocycles. The van der Waals surface area contributed by atoms with Gasteiger partial charge in [0.05, 0.1) is 20.7 Å². The number of nitro groups is 1. The second-order valence-electron chi connectivity index (χ2n) is 5.53. The summed E-state index contributed by atoms with van der Waals surface area (Å²) < 4.78 is 0. The number of rotatable bonds is 5. The first-order chi connectivity index (χ1) is 9.02. The minimum Gasteiger partial charge on any atom is -0.382 e. The van der Waals surface area contributed by atoms with Crippen LogP contribution in [0.3, 0.4) is 0 Å². The number of anilines is 1. The van der Waals surface area contributed by atoms with Gasteiger partial charge in [0.15, 0.2) is 0 Å². The van der Waals surface area contributed by atoms with Crippen LogP contribution >= 0.6 is 23.2 Å². The van der Waals surface area contributed by atoms with Gasteiger partial charge < -0.3 is 5.32 Å². The van der Waals surface area contributed by atoms with Crippen molar-refractivity contribution in [2.75, 3.05) is 11.9 Å². The Bertz CT molecular complexity index is 516. The van der Waals surface area contributed by atoms with Crippen LogP contribution < -0.4 is 5.32 Å². The van der Waals surface area contributed by atoms with Gasteiger partial charge in [0, 0.05) is 18.7 Å². The maximum absolute atomic E-state index is 10.7. The number of halogens is 2. The summed E-state index contributed by atoms with van der Waals surface area (Å²) in [6.07, 6.45) is 5.16. The van der Waals surface area contributed by atoms with E-state index in [2.05, 4.69) is 5.32 Å². The van der Waals surface area contributed by atoms with Gasteiger partial charge in [-0.1, -0.05) is 23.2 Å². The van der Waals surface area contributed by atoms with Gasteiger partial charge in [0.25, 0.3) is 5.69 Å². The molecule has 0 unspecified atom stereocenters. The zero-order chi connectivity index (χ0) is 13.6. The zero-order valence-corrected chi connectivity index (χ0v) is 11.8. The molecule has 3 rings (SSSR count). The van der Waals surface area contributed by atoms with Gasteiger partial charge in [0.1, 0.15) is 0 Å². The number of nitrogens with zero attached hydrogens (tertiary/aromatic N) is 1. The first kappa shape index (κ1) is 13.0. The molecule has 2 fully saturated rings. The van der Waals surface area contributed by atoms with Crippen molar-refractivity contribution in [1.82, 2.24) is 0 Å². The van der Waals surface area contributed by atoms with E-state index in [1.807, 2.05) is 0 Å². The Morgan fingerprint density at radius 2 is 1.89 bits per heavy atom. The monoisotopic (exact) mass is 300 g/mol. The lowest BCUT2D eigenvalue weighted by Gasteiger charge is -2.17. The summed E-state index contributed by atoms with van der Waals surface area (Å²) in [6.45, 7) is 0.856. The van der Waals surface area contributed by atoms with E-state index >= 15 is 0 Å². The molecule has 0 amide bonds. The van der Waals surface area contributed by atoms with Crippen molar-refractivity contribution in [3.05, 3.63) is 32.3 Å². The van der Waals surface area contributed by atoms with Crippen LogP contribution in [-0.2, 0) is 0 Å². The van der Waals surface area contributed by atoms with Crippen LogP contribution in [-0.4, -0.2) is 11.5 Å². The molecule has 0 heterocycles. The molecule has 2 saturated carbocycles. The van der Waals surface area contributed by atoms with Crippen molar-refractivity contribution in [3.8, 4) is 0 Å². The van der Waals surface area contributed by atoms with Crippen LogP contribution in [0.5, 0.6) is 0 Å². The third-order valence-corrected chi connectivity index (χ3v) is 4.79. The SMILES string of the molecule is O=[N+]([O-])c1cc(Cl)c(NCC2(C3CC3)CC2)c(Cl)c1. The summed E-state index contributed by atoms with van der Waals surface area (Å²) >= 11 is 12.1. The molecule has 0 aliphatic heterocycles. The Balaban J connectivity index is 1.75. The molecule has 4 nitrogen and oxygen atoms in total. The van der Waals surface area contributed by atoms with Gasteiger partial charge in [-0.15, -0.1) is 0 Å². The fourth-order valence-corrected chi connectivity index (χ4v) is 3.29. The molecule has 0 saturated heterocycles. The Morgan fingerprint density at radius 1 is 1.32 bits per heavy atom. The average molecular weight is 301 g/mol. The Labute approximate surface area is 121 Å². The predicted molar refractivity (Wildman–Crippen MR) is 76.0 cm³/mol. The quantitative estimate of drug-likeness (QED) is 0.643. The fraction of sp³-hybridized carbons (Fsp3) is 0.538. The zero-order valence-electron chi connectivity index (χ0n) is 10.3. The smallest absolute Gasteiger partial charge is 0.272 e. The standard InChI is InChI=1S/C13H14Cl2N2O2/c14-10-5-9(17(18)19)6-11(15)12(10)16-7-13(3-4-13)8-1-2-8/h5-6,8,16H,1-4,7H2. The minimum atomic E-state index is -0.492. The van der Waals surface area contributed by atoms with E-state index < -0.39 is 4.92 Å². The molecule has 1 aromatic rings. The van der Waals surface area contributed by atoms with E-state index in [4.69, 9.17) is 23.2 Å². The Hall–Kier alpha value is -1.00. The number of nitro benzene ring substituents is 1. The lowest BCUT2D eigenvalue weighted by molar-refractivity contribution is -0.384. The summed E-state index contributed by atoms with van der Waals surface area (Å²) in [7, 11) is 0. The van der Waals surface area contributed by atoms with Crippen molar-refractivity contribution in [2.24, 2.45) is 11.3 Å². The van der Waals surface area contributed by atoms with Gasteiger partial charge in [0.2, 0.25) is 0 Å². The highest BCUT2D eigenvalue weighted by molar-refractivity contribution is 6.39. The van der Waals surface area contributed by atoms with Gasteiger partial charge >= 0.3 is 0 Å². The van der Waals surface area contributed by atoms with Gasteiger partial charge in [-0.05, 0) is 37.0 Å². The molecular weight excluding hydrogens is 287 g/mol. The van der Waals surface area contributed by atoms with Crippen LogP contribution in [0.2, 0.25) is 10.0 Å². The van der Waals surface area contributed by atoms with Crippen molar-refractivity contribution in [1.29, 1.82) is 0 Å². The highest BCUT2D eigenvalue weighted by Gasteiger charge is 2.53. The topological polar surface area (TPSA) is 55.2 Å². The number of hydrogen-bond donors (Lipinski definition) is 1. The van der Waals surface area contributed by atoms with E-state index in [-0.39, 0.29) is 5.69 Å². The molecule has 0 atom stereocenters. The summed E-state index contributed by atoms with van der Waals surface area (Å²) in [6, 6.07) is 2.68. The van der Waals surface area contributed by atoms with E-state index in [0.29, 0.717) is 21.1 Å². The lowest BCUT2D eigenvalue weighted by Crippen LogP contribution is -2.17. The molecule has 6 heteroatoms. The maximum Gasteiger partial charge on any atom is 0.272 e. The van der Waals surface area contributed by atoms with Crippen molar-refractivity contribution < 1.29 is 4.92 Å². The van der Waals surface area contributed by atoms with Crippen LogP contribution in [0.15, 0.2) is 12.1 Å². The summed E-state index contributed by atoms with van der Waals surface area (Å²) in [4.78, 5) is 10.2. The highest BCUT2D eigenvalue weighted by Crippen LogP contribution is 2.61. The first-order valence-electron chi connectivity index (χ1n) is 6.39. The normalized spacial score (nSPS) is 20.1. The second kappa shape index (κ2) is 4.53. The largest absolute Gasteiger partial charge is 0.382 e. The number of hydrogen-bond acceptors (Lipinski definition) is 3. The van der Waals surface area contributed by atoms with Crippen molar-refractivity contribution in [3.63, 3.8) is 0 Å². The van der Waals surface area contributed by atoms with Crippen LogP contribution in [0.1, 0.15) is 25.7 Å². The van der Waals surface area contributed by atoms with Crippen LogP contribution in [0.4, 0.5) is 11.4 Å². The van der Waals surface area contributed by atoms with Crippen LogP contribution in [0.25, 0.3) is 0 Å². The van der Waals surface area contributed by atoms with Crippen molar-refractivity contribution in [2.45, 2.75) is 25.7 Å². The Morgan fingerprint density at radius 3 is 2.32 bits per heavy atom. The molecule has 102 valence electrons. The molecule has 1 N–H and O–H groups in total. The number of benzene rings is 1. The molecule has 0 radical (unpaired) electrons. The first-order valence-corrected chi connectivity index (χ1v) is 7.15. The summed E-state index contributed by atoms with van der Waals surface area (Å²) in [5, 5.41) is 14.6. The summed E-state index contributed by atoms with van der Waals surface area (Å²) in [5.41, 5.74) is 0.957. The van der Waals surface area contributed by atoms with E-state index in [1.165, 1.54) is 37.8 Å². The molecule has 19 heavy (non-hydrogen) atoms. The average Bonchev–Trinajstić information content (AvgIpc) is 3.21. The molecule has 1 aromatic carbocycles. The van der Waals surface area contributed by atoms with Crippen LogP contribution in [0, 0.1) is 21.4 Å². The minimum absolute atomic E-state index is 0.0797. The highest BCUT2D eigenvalue weighted by atomic mass is 35.5.